The van der Waals surface area contributed by atoms with Gasteiger partial charge in [0.25, 0.3) is 5.56 Å². The normalized spacial score (nSPS) is 15.4. The lowest BCUT2D eigenvalue weighted by Gasteiger charge is -2.24. The van der Waals surface area contributed by atoms with E-state index in [0.29, 0.717) is 45.5 Å². The van der Waals surface area contributed by atoms with Crippen LogP contribution < -0.4 is 24.4 Å². The van der Waals surface area contributed by atoms with Crippen LogP contribution in [-0.4, -0.2) is 30.4 Å². The maximum Gasteiger partial charge on any atom is 0.338 e. The first-order valence-corrected chi connectivity index (χ1v) is 13.3. The smallest absolute Gasteiger partial charge is 0.338 e. The van der Waals surface area contributed by atoms with Gasteiger partial charge in [-0.3, -0.25) is 9.36 Å². The maximum absolute atomic E-state index is 13.8. The van der Waals surface area contributed by atoms with Crippen molar-refractivity contribution in [2.45, 2.75) is 40.7 Å². The van der Waals surface area contributed by atoms with Gasteiger partial charge in [-0.2, -0.15) is 0 Å². The Morgan fingerprint density at radius 3 is 2.49 bits per heavy atom. The van der Waals surface area contributed by atoms with Crippen LogP contribution in [0, 0.1) is 5.92 Å². The highest BCUT2D eigenvalue weighted by Crippen LogP contribution is 2.31. The zero-order chi connectivity index (χ0) is 26.5. The molecule has 1 aliphatic rings. The Labute approximate surface area is 220 Å². The molecule has 0 N–H and O–H groups in total. The molecule has 0 saturated heterocycles. The summed E-state index contributed by atoms with van der Waals surface area (Å²) in [4.78, 5) is 32.0. The molecule has 0 fully saturated rings. The molecule has 37 heavy (non-hydrogen) atoms. The average Bonchev–Trinajstić information content (AvgIpc) is 3.17. The van der Waals surface area contributed by atoms with E-state index in [4.69, 9.17) is 14.2 Å². The Hall–Kier alpha value is -3.65. The number of thiazole rings is 1. The monoisotopic (exact) mass is 520 g/mol. The molecule has 8 heteroatoms. The third-order valence-corrected chi connectivity index (χ3v) is 6.78. The number of para-hydroxylation sites is 1. The van der Waals surface area contributed by atoms with Gasteiger partial charge in [0.2, 0.25) is 0 Å². The van der Waals surface area contributed by atoms with Crippen LogP contribution in [0.1, 0.15) is 51.8 Å². The summed E-state index contributed by atoms with van der Waals surface area (Å²) in [6, 6.07) is 14.4. The minimum atomic E-state index is -0.666. The summed E-state index contributed by atoms with van der Waals surface area (Å²) < 4.78 is 19.0. The first kappa shape index (κ1) is 26.4. The standard InChI is InChI=1S/C29H32N2O5S/c1-6-34-22-14-12-20(13-15-22)26-25(28(33)35-7-2)19(5)30-29-31(26)27(32)24(37-29)16-21-10-8-9-11-23(21)36-17-18(3)4/h8-16,18,26H,6-7,17H2,1-5H3/b24-16-/t26-/m0/s1. The lowest BCUT2D eigenvalue weighted by Crippen LogP contribution is -2.39. The number of carbonyl (C=O) groups excluding carboxylic acids is 1. The number of allylic oxidation sites excluding steroid dienone is 1. The quantitative estimate of drug-likeness (QED) is 0.395. The van der Waals surface area contributed by atoms with Gasteiger partial charge in [-0.1, -0.05) is 55.5 Å². The van der Waals surface area contributed by atoms with Crippen LogP contribution in [0.4, 0.5) is 0 Å². The van der Waals surface area contributed by atoms with E-state index in [-0.39, 0.29) is 12.2 Å². The molecule has 7 nitrogen and oxygen atoms in total. The van der Waals surface area contributed by atoms with Gasteiger partial charge in [-0.25, -0.2) is 9.79 Å². The highest BCUT2D eigenvalue weighted by atomic mass is 32.1. The predicted molar refractivity (Wildman–Crippen MR) is 145 cm³/mol. The Kier molecular flexibility index (Phi) is 8.28. The number of fused-ring (bicyclic) bond motifs is 1. The molecule has 0 amide bonds. The maximum atomic E-state index is 13.8. The van der Waals surface area contributed by atoms with Crippen LogP contribution in [0.5, 0.6) is 11.5 Å². The Morgan fingerprint density at radius 1 is 1.08 bits per heavy atom. The van der Waals surface area contributed by atoms with E-state index >= 15 is 0 Å². The highest BCUT2D eigenvalue weighted by Gasteiger charge is 2.33. The van der Waals surface area contributed by atoms with E-state index in [1.165, 1.54) is 11.3 Å². The van der Waals surface area contributed by atoms with Gasteiger partial charge >= 0.3 is 5.97 Å². The van der Waals surface area contributed by atoms with Crippen LogP contribution in [0.3, 0.4) is 0 Å². The molecule has 194 valence electrons. The van der Waals surface area contributed by atoms with Crippen molar-refractivity contribution in [3.05, 3.63) is 90.6 Å². The van der Waals surface area contributed by atoms with Crippen LogP contribution in [-0.2, 0) is 9.53 Å². The fraction of sp³-hybridized carbons (Fsp3) is 0.345. The van der Waals surface area contributed by atoms with E-state index in [2.05, 4.69) is 18.8 Å². The summed E-state index contributed by atoms with van der Waals surface area (Å²) in [6.45, 7) is 11.0. The zero-order valence-corrected chi connectivity index (χ0v) is 22.6. The molecular formula is C29H32N2O5S. The number of carbonyl (C=O) groups is 1. The minimum Gasteiger partial charge on any atom is -0.494 e. The van der Waals surface area contributed by atoms with Crippen molar-refractivity contribution in [3.63, 3.8) is 0 Å². The van der Waals surface area contributed by atoms with Gasteiger partial charge in [0.1, 0.15) is 11.5 Å². The van der Waals surface area contributed by atoms with Gasteiger partial charge < -0.3 is 14.2 Å². The summed E-state index contributed by atoms with van der Waals surface area (Å²) in [5.41, 5.74) is 2.24. The van der Waals surface area contributed by atoms with E-state index in [1.807, 2.05) is 61.5 Å². The number of rotatable bonds is 9. The molecule has 0 radical (unpaired) electrons. The predicted octanol–water partition coefficient (Wildman–Crippen LogP) is 4.23. The molecule has 2 aromatic carbocycles. The lowest BCUT2D eigenvalue weighted by atomic mass is 9.96. The van der Waals surface area contributed by atoms with Crippen molar-refractivity contribution >= 4 is 23.4 Å². The molecule has 0 saturated carbocycles. The Morgan fingerprint density at radius 2 is 1.81 bits per heavy atom. The minimum absolute atomic E-state index is 0.225. The third kappa shape index (κ3) is 5.69. The summed E-state index contributed by atoms with van der Waals surface area (Å²) in [5.74, 6) is 1.32. The molecule has 1 aromatic heterocycles. The number of esters is 1. The first-order valence-electron chi connectivity index (χ1n) is 12.5. The Bertz CT molecular complexity index is 1480. The van der Waals surface area contributed by atoms with Gasteiger partial charge in [-0.15, -0.1) is 0 Å². The fourth-order valence-electron chi connectivity index (χ4n) is 4.15. The summed E-state index contributed by atoms with van der Waals surface area (Å²) in [6.07, 6.45) is 1.83. The summed E-state index contributed by atoms with van der Waals surface area (Å²) in [7, 11) is 0. The molecule has 0 spiro atoms. The lowest BCUT2D eigenvalue weighted by molar-refractivity contribution is -0.139. The number of hydrogen-bond donors (Lipinski definition) is 0. The van der Waals surface area contributed by atoms with Crippen molar-refractivity contribution < 1.29 is 19.0 Å². The van der Waals surface area contributed by atoms with Crippen LogP contribution >= 0.6 is 11.3 Å². The fourth-order valence-corrected chi connectivity index (χ4v) is 5.19. The molecule has 0 unspecified atom stereocenters. The molecule has 2 heterocycles. The van der Waals surface area contributed by atoms with Crippen molar-refractivity contribution in [2.24, 2.45) is 10.9 Å². The SMILES string of the molecule is CCOC(=O)C1=C(C)N=c2s/c(=C\c3ccccc3OCC(C)C)c(=O)n2[C@H]1c1ccc(OCC)cc1. The van der Waals surface area contributed by atoms with Crippen molar-refractivity contribution in [2.75, 3.05) is 19.8 Å². The first-order chi connectivity index (χ1) is 17.8. The zero-order valence-electron chi connectivity index (χ0n) is 21.8. The number of ether oxygens (including phenoxy) is 3. The second-order valence-electron chi connectivity index (χ2n) is 9.05. The second-order valence-corrected chi connectivity index (χ2v) is 10.1. The topological polar surface area (TPSA) is 79.1 Å². The van der Waals surface area contributed by atoms with E-state index in [0.717, 1.165) is 16.9 Å². The van der Waals surface area contributed by atoms with Crippen molar-refractivity contribution in [1.82, 2.24) is 4.57 Å². The van der Waals surface area contributed by atoms with Gasteiger partial charge in [0.05, 0.1) is 41.7 Å². The summed E-state index contributed by atoms with van der Waals surface area (Å²) in [5, 5.41) is 0. The molecule has 1 aliphatic heterocycles. The van der Waals surface area contributed by atoms with Crippen molar-refractivity contribution in [3.8, 4) is 11.5 Å². The number of nitrogens with zero attached hydrogens (tertiary/aromatic N) is 2. The number of aromatic nitrogens is 1. The van der Waals surface area contributed by atoms with Gasteiger partial charge in [0.15, 0.2) is 4.80 Å². The Balaban J connectivity index is 1.87. The molecule has 3 aromatic rings. The molecule has 4 rings (SSSR count). The summed E-state index contributed by atoms with van der Waals surface area (Å²) >= 11 is 1.29. The highest BCUT2D eigenvalue weighted by molar-refractivity contribution is 7.07. The van der Waals surface area contributed by atoms with Crippen LogP contribution in [0.15, 0.2) is 69.6 Å². The van der Waals surface area contributed by atoms with E-state index in [1.54, 1.807) is 18.4 Å². The van der Waals surface area contributed by atoms with E-state index < -0.39 is 12.0 Å². The average molecular weight is 521 g/mol. The number of benzene rings is 2. The molecular weight excluding hydrogens is 488 g/mol. The molecule has 1 atom stereocenters. The molecule has 0 bridgehead atoms. The largest absolute Gasteiger partial charge is 0.494 e. The third-order valence-electron chi connectivity index (χ3n) is 5.80. The molecule has 0 aliphatic carbocycles. The van der Waals surface area contributed by atoms with Crippen molar-refractivity contribution in [1.29, 1.82) is 0 Å². The van der Waals surface area contributed by atoms with Crippen LogP contribution in [0.2, 0.25) is 0 Å². The number of hydrogen-bond acceptors (Lipinski definition) is 7. The van der Waals surface area contributed by atoms with Gasteiger partial charge in [0, 0.05) is 5.56 Å². The van der Waals surface area contributed by atoms with Crippen LogP contribution in [0.25, 0.3) is 6.08 Å². The van der Waals surface area contributed by atoms with E-state index in [9.17, 15) is 9.59 Å². The van der Waals surface area contributed by atoms with Gasteiger partial charge in [-0.05, 0) is 56.5 Å². The second kappa shape index (κ2) is 11.6.